The zero-order valence-electron chi connectivity index (χ0n) is 24.0. The molecule has 0 radical (unpaired) electrons. The van der Waals surface area contributed by atoms with Crippen LogP contribution in [-0.2, 0) is 32.7 Å². The lowest BCUT2D eigenvalue weighted by molar-refractivity contribution is -0.131. The van der Waals surface area contributed by atoms with Crippen molar-refractivity contribution in [3.63, 3.8) is 0 Å². The van der Waals surface area contributed by atoms with Gasteiger partial charge in [0.15, 0.2) is 5.76 Å². The molecule has 9 nitrogen and oxygen atoms in total. The molecule has 0 atom stereocenters. The van der Waals surface area contributed by atoms with E-state index in [-0.39, 0.29) is 28.3 Å². The Morgan fingerprint density at radius 3 is 2.62 bits per heavy atom. The summed E-state index contributed by atoms with van der Waals surface area (Å²) in [5.74, 6) is 2.09. The summed E-state index contributed by atoms with van der Waals surface area (Å²) in [5, 5.41) is 3.85. The van der Waals surface area contributed by atoms with Gasteiger partial charge in [0.2, 0.25) is 5.82 Å². The molecule has 1 aliphatic heterocycles. The Hall–Kier alpha value is -2.86. The Kier molecular flexibility index (Phi) is 9.31. The van der Waals surface area contributed by atoms with E-state index in [2.05, 4.69) is 16.1 Å². The summed E-state index contributed by atoms with van der Waals surface area (Å²) in [6.45, 7) is 4.69. The van der Waals surface area contributed by atoms with E-state index in [1.54, 1.807) is 36.9 Å². The monoisotopic (exact) mass is 630 g/mol. The summed E-state index contributed by atoms with van der Waals surface area (Å²) >= 11 is 7.92. The third-order valence-electron chi connectivity index (χ3n) is 7.72. The van der Waals surface area contributed by atoms with E-state index < -0.39 is 15.6 Å². The number of anilines is 1. The van der Waals surface area contributed by atoms with Crippen molar-refractivity contribution in [3.05, 3.63) is 64.4 Å². The maximum Gasteiger partial charge on any atom is 0.263 e. The number of nitrogens with one attached hydrogen (secondary N) is 1. The molecule has 0 unspecified atom stereocenters. The van der Waals surface area contributed by atoms with Crippen molar-refractivity contribution in [1.82, 2.24) is 10.1 Å². The van der Waals surface area contributed by atoms with Gasteiger partial charge >= 0.3 is 0 Å². The minimum Gasteiger partial charge on any atom is -0.377 e. The van der Waals surface area contributed by atoms with E-state index in [1.165, 1.54) is 6.07 Å². The fourth-order valence-corrected chi connectivity index (χ4v) is 7.40. The molecule has 2 aliphatic rings. The third kappa shape index (κ3) is 6.10. The second kappa shape index (κ2) is 12.8. The van der Waals surface area contributed by atoms with Gasteiger partial charge in [-0.1, -0.05) is 66.0 Å². The number of carbonyl (C=O) groups excluding carboxylic acids is 1. The number of hydrogen-bond acceptors (Lipinski definition) is 8. The molecule has 2 heterocycles. The number of aromatic nitrogens is 1. The number of sulfonamides is 1. The summed E-state index contributed by atoms with van der Waals surface area (Å²) in [5.41, 5.74) is 2.36. The van der Waals surface area contributed by atoms with Crippen LogP contribution >= 0.6 is 23.4 Å². The van der Waals surface area contributed by atoms with E-state index in [0.717, 1.165) is 54.8 Å². The topological polar surface area (TPSA) is 114 Å². The Morgan fingerprint density at radius 1 is 1.17 bits per heavy atom. The third-order valence-corrected chi connectivity index (χ3v) is 10.2. The van der Waals surface area contributed by atoms with Gasteiger partial charge in [-0.15, -0.1) is 0 Å². The van der Waals surface area contributed by atoms with Crippen LogP contribution in [0, 0.1) is 6.92 Å². The van der Waals surface area contributed by atoms with Crippen LogP contribution < -0.4 is 4.72 Å². The van der Waals surface area contributed by atoms with Gasteiger partial charge in [-0.05, 0) is 55.7 Å². The number of halogens is 1. The van der Waals surface area contributed by atoms with Crippen LogP contribution in [0.5, 0.6) is 0 Å². The first-order chi connectivity index (χ1) is 20.2. The maximum atomic E-state index is 13.7. The Balaban J connectivity index is 1.49. The largest absolute Gasteiger partial charge is 0.377 e. The normalized spacial score (nSPS) is 16.4. The number of aliphatic imine (C=N–C) groups is 1. The molecule has 42 heavy (non-hydrogen) atoms. The lowest BCUT2D eigenvalue weighted by atomic mass is 9.96. The summed E-state index contributed by atoms with van der Waals surface area (Å²) in [6, 6.07) is 12.6. The zero-order valence-corrected chi connectivity index (χ0v) is 26.4. The lowest BCUT2D eigenvalue weighted by Gasteiger charge is -2.23. The van der Waals surface area contributed by atoms with Crippen molar-refractivity contribution in [2.45, 2.75) is 69.5 Å². The molecule has 1 fully saturated rings. The number of aryl methyl sites for hydroxylation is 1. The van der Waals surface area contributed by atoms with Crippen LogP contribution in [0.25, 0.3) is 11.1 Å². The molecule has 1 aliphatic carbocycles. The Bertz CT molecular complexity index is 1600. The van der Waals surface area contributed by atoms with Gasteiger partial charge in [0, 0.05) is 24.3 Å². The van der Waals surface area contributed by atoms with E-state index in [9.17, 15) is 13.2 Å². The molecular formula is C30H35ClN4O5S2. The van der Waals surface area contributed by atoms with Crippen LogP contribution in [0.3, 0.4) is 0 Å². The first kappa shape index (κ1) is 30.6. The second-order valence-electron chi connectivity index (χ2n) is 10.5. The first-order valence-electron chi connectivity index (χ1n) is 14.0. The molecule has 1 N–H and O–H groups in total. The van der Waals surface area contributed by atoms with Gasteiger partial charge in [-0.2, -0.15) is 11.8 Å². The van der Waals surface area contributed by atoms with Crippen LogP contribution in [0.4, 0.5) is 5.82 Å². The number of nitrogens with zero attached hydrogens (tertiary/aromatic N) is 3. The highest BCUT2D eigenvalue weighted by Gasteiger charge is 2.49. The van der Waals surface area contributed by atoms with Gasteiger partial charge in [-0.3, -0.25) is 19.4 Å². The maximum absolute atomic E-state index is 13.7. The van der Waals surface area contributed by atoms with Crippen LogP contribution in [0.15, 0.2) is 56.9 Å². The number of carbonyl (C=O) groups is 1. The highest BCUT2D eigenvalue weighted by molar-refractivity contribution is 7.98. The molecule has 2 aromatic carbocycles. The van der Waals surface area contributed by atoms with Gasteiger partial charge in [-0.25, -0.2) is 8.42 Å². The summed E-state index contributed by atoms with van der Waals surface area (Å²) in [7, 11) is -4.07. The number of ether oxygens (including phenoxy) is 1. The number of benzene rings is 2. The van der Waals surface area contributed by atoms with Crippen molar-refractivity contribution in [2.75, 3.05) is 23.3 Å². The van der Waals surface area contributed by atoms with Gasteiger partial charge in [0.25, 0.3) is 15.9 Å². The molecule has 1 amide bonds. The molecule has 1 spiro atoms. The average molecular weight is 631 g/mol. The highest BCUT2D eigenvalue weighted by Crippen LogP contribution is 2.40. The molecule has 5 rings (SSSR count). The van der Waals surface area contributed by atoms with E-state index in [1.807, 2.05) is 30.0 Å². The number of thioether (sulfide) groups is 1. The molecule has 0 saturated heterocycles. The number of amidine groups is 1. The quantitative estimate of drug-likeness (QED) is 0.245. The number of rotatable bonds is 12. The average Bonchev–Trinajstić information content (AvgIpc) is 3.66. The molecule has 3 aromatic rings. The van der Waals surface area contributed by atoms with Gasteiger partial charge in [0.05, 0.1) is 18.0 Å². The fraction of sp³-hybridized carbons (Fsp3) is 0.433. The van der Waals surface area contributed by atoms with Crippen LogP contribution in [-0.4, -0.2) is 54.4 Å². The van der Waals surface area contributed by atoms with Crippen LogP contribution in [0.2, 0.25) is 5.02 Å². The Morgan fingerprint density at radius 2 is 1.93 bits per heavy atom. The van der Waals surface area contributed by atoms with Crippen molar-refractivity contribution in [2.24, 2.45) is 4.99 Å². The van der Waals surface area contributed by atoms with Gasteiger partial charge in [0.1, 0.15) is 16.4 Å². The Labute approximate surface area is 256 Å². The van der Waals surface area contributed by atoms with Crippen molar-refractivity contribution in [3.8, 4) is 11.1 Å². The zero-order chi connectivity index (χ0) is 29.9. The molecule has 0 bridgehead atoms. The standard InChI is InChI=1S/C30H35ClN4O5S2/c1-4-39-19-22-17-21(18-35-26(13-16-41-3)32-30(29(35)36)14-7-8-15-30)11-12-23(22)24-9-5-6-10-25(24)42(37,38)34-28-27(31)20(2)40-33-28/h5-6,9-12,17H,4,7-8,13-16,18-19H2,1-3H3,(H,33,34). The molecular weight excluding hydrogens is 596 g/mol. The molecule has 224 valence electrons. The minimum absolute atomic E-state index is 0.0663. The smallest absolute Gasteiger partial charge is 0.263 e. The van der Waals surface area contributed by atoms with Gasteiger partial charge < -0.3 is 9.26 Å². The summed E-state index contributed by atoms with van der Waals surface area (Å²) in [4.78, 5) is 20.6. The SMILES string of the molecule is CCOCc1cc(CN2C(=O)C3(CCCC3)N=C2CCSC)ccc1-c1ccccc1S(=O)(=O)Nc1noc(C)c1Cl. The fourth-order valence-electron chi connectivity index (χ4n) is 5.61. The van der Waals surface area contributed by atoms with E-state index >= 15 is 0 Å². The highest BCUT2D eigenvalue weighted by atomic mass is 35.5. The lowest BCUT2D eigenvalue weighted by Crippen LogP contribution is -2.40. The molecule has 1 saturated carbocycles. The van der Waals surface area contributed by atoms with Crippen molar-refractivity contribution < 1.29 is 22.5 Å². The van der Waals surface area contributed by atoms with Crippen LogP contribution in [0.1, 0.15) is 55.9 Å². The second-order valence-corrected chi connectivity index (χ2v) is 13.5. The summed E-state index contributed by atoms with van der Waals surface area (Å²) < 4.78 is 40.3. The number of hydrogen-bond donors (Lipinski definition) is 1. The first-order valence-corrected chi connectivity index (χ1v) is 17.3. The van der Waals surface area contributed by atoms with Crippen molar-refractivity contribution >= 4 is 50.9 Å². The molecule has 1 aromatic heterocycles. The predicted molar refractivity (Wildman–Crippen MR) is 166 cm³/mol. The minimum atomic E-state index is -4.07. The van der Waals surface area contributed by atoms with E-state index in [0.29, 0.717) is 30.0 Å². The van der Waals surface area contributed by atoms with E-state index in [4.69, 9.17) is 25.9 Å². The predicted octanol–water partition coefficient (Wildman–Crippen LogP) is 6.45. The molecule has 12 heteroatoms. The number of amides is 1. The summed E-state index contributed by atoms with van der Waals surface area (Å²) in [6.07, 6.45) is 6.44. The van der Waals surface area contributed by atoms with Crippen molar-refractivity contribution in [1.29, 1.82) is 0 Å².